The predicted octanol–water partition coefficient (Wildman–Crippen LogP) is 2.38. The molecule has 31 heavy (non-hydrogen) atoms. The van der Waals surface area contributed by atoms with Crippen LogP contribution in [-0.4, -0.2) is 33.0 Å². The number of rotatable bonds is 8. The highest BCUT2D eigenvalue weighted by Gasteiger charge is 2.23. The summed E-state index contributed by atoms with van der Waals surface area (Å²) >= 11 is 1.16. The molecule has 9 nitrogen and oxygen atoms in total. The lowest BCUT2D eigenvalue weighted by Gasteiger charge is -2.13. The van der Waals surface area contributed by atoms with Crippen LogP contribution in [0.5, 0.6) is 0 Å². The van der Waals surface area contributed by atoms with Gasteiger partial charge >= 0.3 is 0 Å². The molecule has 0 unspecified atom stereocenters. The fraction of sp³-hybridized carbons (Fsp3) is 0.211. The van der Waals surface area contributed by atoms with Gasteiger partial charge in [-0.3, -0.25) is 0 Å². The van der Waals surface area contributed by atoms with Crippen LogP contribution in [0.2, 0.25) is 0 Å². The van der Waals surface area contributed by atoms with Crippen LogP contribution >= 0.6 is 11.3 Å². The Kier molecular flexibility index (Phi) is 6.79. The molecule has 0 saturated carbocycles. The highest BCUT2D eigenvalue weighted by atomic mass is 32.2. The third-order valence-electron chi connectivity index (χ3n) is 4.10. The zero-order valence-electron chi connectivity index (χ0n) is 16.7. The van der Waals surface area contributed by atoms with Crippen molar-refractivity contribution in [2.24, 2.45) is 5.14 Å². The lowest BCUT2D eigenvalue weighted by Crippen LogP contribution is -2.30. The normalized spacial score (nSPS) is 12.3. The number of benzene rings is 2. The topological polar surface area (TPSA) is 151 Å². The number of aliphatic hydroxyl groups excluding tert-OH is 1. The largest absolute Gasteiger partial charge is 0.391 e. The zero-order chi connectivity index (χ0) is 22.8. The molecule has 0 amide bonds. The average Bonchev–Trinajstić information content (AvgIpc) is 3.09. The Labute approximate surface area is 185 Å². The summed E-state index contributed by atoms with van der Waals surface area (Å²) in [4.78, 5) is 5.01. The van der Waals surface area contributed by atoms with Crippen LogP contribution in [0.1, 0.15) is 18.7 Å². The molecule has 0 fully saturated rings. The second-order valence-corrected chi connectivity index (χ2v) is 11.2. The van der Waals surface area contributed by atoms with E-state index in [0.717, 1.165) is 11.3 Å². The standard InChI is InChI=1S/C19H22N4O5S3/c1-12(2)23-31(27,28)17-6-4-3-5-15(17)18-16(11-24)29-19(22-18)21-13-7-9-14(10-8-13)30(20,25)26/h3-10,12,23-24H,11H2,1-2H3,(H,21,22)(H2,20,25,26). The van der Waals surface area contributed by atoms with E-state index in [2.05, 4.69) is 15.0 Å². The number of nitrogens with two attached hydrogens (primary N) is 1. The van der Waals surface area contributed by atoms with Crippen molar-refractivity contribution in [3.8, 4) is 11.3 Å². The molecule has 0 bridgehead atoms. The molecular weight excluding hydrogens is 460 g/mol. The van der Waals surface area contributed by atoms with E-state index in [4.69, 9.17) is 5.14 Å². The van der Waals surface area contributed by atoms with Crippen molar-refractivity contribution in [1.82, 2.24) is 9.71 Å². The maximum atomic E-state index is 12.8. The third kappa shape index (κ3) is 5.47. The van der Waals surface area contributed by atoms with Crippen LogP contribution in [-0.2, 0) is 26.7 Å². The van der Waals surface area contributed by atoms with Crippen LogP contribution in [0.4, 0.5) is 10.8 Å². The van der Waals surface area contributed by atoms with Crippen molar-refractivity contribution in [3.63, 3.8) is 0 Å². The van der Waals surface area contributed by atoms with Gasteiger partial charge in [0.15, 0.2) is 5.13 Å². The van der Waals surface area contributed by atoms with Crippen LogP contribution < -0.4 is 15.2 Å². The van der Waals surface area contributed by atoms with Gasteiger partial charge in [0, 0.05) is 17.3 Å². The first kappa shape index (κ1) is 23.3. The van der Waals surface area contributed by atoms with Crippen molar-refractivity contribution in [2.75, 3.05) is 5.32 Å². The fourth-order valence-corrected chi connectivity index (χ4v) is 5.68. The number of nitrogens with zero attached hydrogens (tertiary/aromatic N) is 1. The first-order valence-electron chi connectivity index (χ1n) is 9.13. The van der Waals surface area contributed by atoms with Crippen LogP contribution in [0.25, 0.3) is 11.3 Å². The molecule has 3 rings (SSSR count). The summed E-state index contributed by atoms with van der Waals surface area (Å²) in [5.74, 6) is 0. The molecule has 2 aromatic carbocycles. The Morgan fingerprint density at radius 2 is 1.71 bits per heavy atom. The van der Waals surface area contributed by atoms with E-state index in [1.807, 2.05) is 0 Å². The fourth-order valence-electron chi connectivity index (χ4n) is 2.84. The van der Waals surface area contributed by atoms with Gasteiger partial charge in [-0.1, -0.05) is 29.5 Å². The minimum Gasteiger partial charge on any atom is -0.391 e. The third-order valence-corrected chi connectivity index (χ3v) is 7.70. The molecule has 0 saturated heterocycles. The van der Waals surface area contributed by atoms with E-state index < -0.39 is 20.0 Å². The molecule has 12 heteroatoms. The number of hydrogen-bond donors (Lipinski definition) is 4. The molecule has 0 aliphatic carbocycles. The summed E-state index contributed by atoms with van der Waals surface area (Å²) in [6.07, 6.45) is 0. The number of nitrogens with one attached hydrogen (secondary N) is 2. The summed E-state index contributed by atoms with van der Waals surface area (Å²) in [5.41, 5.74) is 1.27. The monoisotopic (exact) mass is 482 g/mol. The molecule has 0 radical (unpaired) electrons. The van der Waals surface area contributed by atoms with Crippen molar-refractivity contribution < 1.29 is 21.9 Å². The smallest absolute Gasteiger partial charge is 0.241 e. The van der Waals surface area contributed by atoms with Crippen molar-refractivity contribution in [2.45, 2.75) is 36.3 Å². The molecule has 166 valence electrons. The summed E-state index contributed by atoms with van der Waals surface area (Å²) in [6, 6.07) is 11.9. The molecule has 1 aromatic heterocycles. The van der Waals surface area contributed by atoms with Gasteiger partial charge in [-0.25, -0.2) is 31.7 Å². The number of anilines is 2. The maximum absolute atomic E-state index is 12.8. The number of aromatic nitrogens is 1. The second kappa shape index (κ2) is 9.02. The highest BCUT2D eigenvalue weighted by molar-refractivity contribution is 7.89. The zero-order valence-corrected chi connectivity index (χ0v) is 19.2. The van der Waals surface area contributed by atoms with Gasteiger partial charge in [0.2, 0.25) is 20.0 Å². The molecular formula is C19H22N4O5S3. The summed E-state index contributed by atoms with van der Waals surface area (Å²) in [5, 5.41) is 18.4. The number of thiazole rings is 1. The van der Waals surface area contributed by atoms with E-state index >= 15 is 0 Å². The summed E-state index contributed by atoms with van der Waals surface area (Å²) < 4.78 is 50.9. The SMILES string of the molecule is CC(C)NS(=O)(=O)c1ccccc1-c1nc(Nc2ccc(S(N)(=O)=O)cc2)sc1CO. The van der Waals surface area contributed by atoms with E-state index in [9.17, 15) is 21.9 Å². The van der Waals surface area contributed by atoms with Gasteiger partial charge in [-0.15, -0.1) is 0 Å². The second-order valence-electron chi connectivity index (χ2n) is 6.92. The maximum Gasteiger partial charge on any atom is 0.241 e. The number of hydrogen-bond acceptors (Lipinski definition) is 8. The first-order valence-corrected chi connectivity index (χ1v) is 13.0. The van der Waals surface area contributed by atoms with Crippen LogP contribution in [0.15, 0.2) is 58.3 Å². The van der Waals surface area contributed by atoms with Crippen LogP contribution in [0, 0.1) is 0 Å². The van der Waals surface area contributed by atoms with Crippen molar-refractivity contribution >= 4 is 42.2 Å². The van der Waals surface area contributed by atoms with Crippen molar-refractivity contribution in [1.29, 1.82) is 0 Å². The number of primary sulfonamides is 1. The van der Waals surface area contributed by atoms with Gasteiger partial charge in [0.25, 0.3) is 0 Å². The van der Waals surface area contributed by atoms with Gasteiger partial charge in [-0.2, -0.15) is 0 Å². The lowest BCUT2D eigenvalue weighted by molar-refractivity contribution is 0.286. The molecule has 0 aliphatic rings. The molecule has 0 atom stereocenters. The first-order chi connectivity index (χ1) is 14.5. The minimum atomic E-state index is -3.80. The molecule has 0 spiro atoms. The molecule has 3 aromatic rings. The number of sulfonamides is 2. The van der Waals surface area contributed by atoms with E-state index in [-0.39, 0.29) is 22.4 Å². The Bertz CT molecular complexity index is 1280. The minimum absolute atomic E-state index is 0.0225. The molecule has 0 aliphatic heterocycles. The van der Waals surface area contributed by atoms with Gasteiger partial charge < -0.3 is 10.4 Å². The van der Waals surface area contributed by atoms with Crippen LogP contribution in [0.3, 0.4) is 0 Å². The molecule has 5 N–H and O–H groups in total. The van der Waals surface area contributed by atoms with E-state index in [1.54, 1.807) is 32.0 Å². The van der Waals surface area contributed by atoms with Gasteiger partial charge in [0.1, 0.15) is 0 Å². The van der Waals surface area contributed by atoms with Gasteiger partial charge in [-0.05, 0) is 44.2 Å². The van der Waals surface area contributed by atoms with Crippen molar-refractivity contribution in [3.05, 3.63) is 53.4 Å². The summed E-state index contributed by atoms with van der Waals surface area (Å²) in [7, 11) is -7.59. The van der Waals surface area contributed by atoms with E-state index in [0.29, 0.717) is 27.0 Å². The molecule has 1 heterocycles. The Hall–Kier alpha value is -2.35. The number of aliphatic hydroxyl groups is 1. The Morgan fingerprint density at radius 1 is 1.06 bits per heavy atom. The Balaban J connectivity index is 1.99. The lowest BCUT2D eigenvalue weighted by atomic mass is 10.1. The average molecular weight is 483 g/mol. The quantitative estimate of drug-likeness (QED) is 0.385. The summed E-state index contributed by atoms with van der Waals surface area (Å²) in [6.45, 7) is 3.13. The predicted molar refractivity (Wildman–Crippen MR) is 120 cm³/mol. The van der Waals surface area contributed by atoms with E-state index in [1.165, 1.54) is 30.3 Å². The highest BCUT2D eigenvalue weighted by Crippen LogP contribution is 2.36. The van der Waals surface area contributed by atoms with Gasteiger partial charge in [0.05, 0.1) is 27.0 Å². The Morgan fingerprint density at radius 3 is 2.29 bits per heavy atom.